The third-order valence-electron chi connectivity index (χ3n) is 5.27. The van der Waals surface area contributed by atoms with Crippen molar-refractivity contribution in [3.8, 4) is 0 Å². The van der Waals surface area contributed by atoms with Crippen LogP contribution in [0.5, 0.6) is 0 Å². The van der Waals surface area contributed by atoms with Gasteiger partial charge < -0.3 is 10.1 Å². The molecule has 0 bridgehead atoms. The number of hydrogen-bond acceptors (Lipinski definition) is 4. The molecular formula is C15H28N2O2. The van der Waals surface area contributed by atoms with Gasteiger partial charge >= 0.3 is 5.97 Å². The average Bonchev–Trinajstić information content (AvgIpc) is 2.70. The number of ether oxygens (including phenoxy) is 1. The summed E-state index contributed by atoms with van der Waals surface area (Å²) >= 11 is 0. The van der Waals surface area contributed by atoms with Crippen molar-refractivity contribution >= 4 is 5.97 Å². The quantitative estimate of drug-likeness (QED) is 0.773. The van der Waals surface area contributed by atoms with E-state index in [-0.39, 0.29) is 5.97 Å². The van der Waals surface area contributed by atoms with E-state index < -0.39 is 5.54 Å². The lowest BCUT2D eigenvalue weighted by Gasteiger charge is -2.50. The number of carbonyl (C=O) groups excluding carboxylic acids is 1. The van der Waals surface area contributed by atoms with Crippen molar-refractivity contribution in [2.24, 2.45) is 11.8 Å². The Bertz CT molecular complexity index is 313. The lowest BCUT2D eigenvalue weighted by Crippen LogP contribution is -2.62. The fourth-order valence-electron chi connectivity index (χ4n) is 3.93. The Morgan fingerprint density at radius 3 is 2.79 bits per heavy atom. The van der Waals surface area contributed by atoms with Gasteiger partial charge in [-0.2, -0.15) is 0 Å². The second kappa shape index (κ2) is 6.23. The molecule has 1 saturated heterocycles. The molecule has 0 aromatic heterocycles. The van der Waals surface area contributed by atoms with Crippen molar-refractivity contribution in [1.82, 2.24) is 10.2 Å². The van der Waals surface area contributed by atoms with Crippen LogP contribution in [0.15, 0.2) is 0 Å². The Kier molecular flexibility index (Phi) is 4.85. The maximum absolute atomic E-state index is 12.6. The van der Waals surface area contributed by atoms with Crippen LogP contribution in [-0.4, -0.2) is 49.7 Å². The molecule has 4 nitrogen and oxygen atoms in total. The highest BCUT2D eigenvalue weighted by atomic mass is 16.5. The number of carbonyl (C=O) groups is 1. The molecule has 2 rings (SSSR count). The lowest BCUT2D eigenvalue weighted by atomic mass is 9.67. The largest absolute Gasteiger partial charge is 0.468 e. The molecule has 0 amide bonds. The van der Waals surface area contributed by atoms with Crippen LogP contribution in [0.1, 0.15) is 39.5 Å². The standard InChI is InChI=1S/C15H28N2O2/c1-12-6-4-7-15(13(12)2,14(18)19-3)17-10-5-8-16-9-11-17/h12-13,16H,4-11H2,1-3H3. The van der Waals surface area contributed by atoms with Crippen molar-refractivity contribution in [3.05, 3.63) is 0 Å². The fraction of sp³-hybridized carbons (Fsp3) is 0.933. The molecule has 3 unspecified atom stereocenters. The van der Waals surface area contributed by atoms with Gasteiger partial charge in [0, 0.05) is 19.6 Å². The zero-order chi connectivity index (χ0) is 13.9. The van der Waals surface area contributed by atoms with Crippen LogP contribution in [0.25, 0.3) is 0 Å². The Morgan fingerprint density at radius 2 is 2.05 bits per heavy atom. The van der Waals surface area contributed by atoms with E-state index in [1.54, 1.807) is 0 Å². The molecule has 0 spiro atoms. The molecular weight excluding hydrogens is 240 g/mol. The van der Waals surface area contributed by atoms with E-state index in [2.05, 4.69) is 24.1 Å². The van der Waals surface area contributed by atoms with Gasteiger partial charge in [0.05, 0.1) is 7.11 Å². The van der Waals surface area contributed by atoms with Crippen molar-refractivity contribution in [1.29, 1.82) is 0 Å². The Labute approximate surface area is 116 Å². The van der Waals surface area contributed by atoms with E-state index in [0.717, 1.165) is 45.4 Å². The highest BCUT2D eigenvalue weighted by Crippen LogP contribution is 2.42. The first-order chi connectivity index (χ1) is 9.13. The van der Waals surface area contributed by atoms with Gasteiger partial charge in [-0.3, -0.25) is 9.69 Å². The minimum Gasteiger partial charge on any atom is -0.468 e. The Balaban J connectivity index is 2.29. The molecule has 3 atom stereocenters. The third kappa shape index (κ3) is 2.65. The minimum atomic E-state index is -0.390. The maximum Gasteiger partial charge on any atom is 0.326 e. The fourth-order valence-corrected chi connectivity index (χ4v) is 3.93. The number of rotatable bonds is 2. The Hall–Kier alpha value is -0.610. The third-order valence-corrected chi connectivity index (χ3v) is 5.27. The lowest BCUT2D eigenvalue weighted by molar-refractivity contribution is -0.164. The number of esters is 1. The summed E-state index contributed by atoms with van der Waals surface area (Å²) in [4.78, 5) is 15.0. The molecule has 2 aliphatic rings. The number of methoxy groups -OCH3 is 1. The molecule has 1 N–H and O–H groups in total. The van der Waals surface area contributed by atoms with Gasteiger partial charge in [0.2, 0.25) is 0 Å². The van der Waals surface area contributed by atoms with Crippen LogP contribution in [0, 0.1) is 11.8 Å². The highest BCUT2D eigenvalue weighted by Gasteiger charge is 2.52. The first-order valence-electron chi connectivity index (χ1n) is 7.67. The molecule has 2 fully saturated rings. The summed E-state index contributed by atoms with van der Waals surface area (Å²) in [7, 11) is 1.53. The van der Waals surface area contributed by atoms with Gasteiger partial charge in [-0.25, -0.2) is 0 Å². The average molecular weight is 268 g/mol. The highest BCUT2D eigenvalue weighted by molar-refractivity contribution is 5.81. The van der Waals surface area contributed by atoms with Gasteiger partial charge in [-0.1, -0.05) is 26.7 Å². The number of hydrogen-bond donors (Lipinski definition) is 1. The van der Waals surface area contributed by atoms with E-state index in [4.69, 9.17) is 4.74 Å². The summed E-state index contributed by atoms with van der Waals surface area (Å²) in [6.07, 6.45) is 4.42. The molecule has 1 aliphatic heterocycles. The minimum absolute atomic E-state index is 0.0200. The van der Waals surface area contributed by atoms with E-state index in [1.807, 2.05) is 0 Å². The first kappa shape index (κ1) is 14.8. The predicted octanol–water partition coefficient (Wildman–Crippen LogP) is 1.65. The van der Waals surface area contributed by atoms with E-state index in [1.165, 1.54) is 13.5 Å². The summed E-state index contributed by atoms with van der Waals surface area (Å²) in [6.45, 7) is 8.49. The van der Waals surface area contributed by atoms with Crippen molar-refractivity contribution in [2.75, 3.05) is 33.3 Å². The van der Waals surface area contributed by atoms with Crippen LogP contribution in [-0.2, 0) is 9.53 Å². The first-order valence-corrected chi connectivity index (χ1v) is 7.67. The normalized spacial score (nSPS) is 37.6. The molecule has 19 heavy (non-hydrogen) atoms. The second-order valence-electron chi connectivity index (χ2n) is 6.16. The molecule has 0 radical (unpaired) electrons. The van der Waals surface area contributed by atoms with Crippen molar-refractivity contribution < 1.29 is 9.53 Å². The molecule has 110 valence electrons. The molecule has 0 aromatic carbocycles. The van der Waals surface area contributed by atoms with Gasteiger partial charge in [0.15, 0.2) is 0 Å². The zero-order valence-corrected chi connectivity index (χ0v) is 12.6. The SMILES string of the molecule is COC(=O)C1(N2CCCNCC2)CCCC(C)C1C. The number of nitrogens with zero attached hydrogens (tertiary/aromatic N) is 1. The smallest absolute Gasteiger partial charge is 0.326 e. The maximum atomic E-state index is 12.6. The zero-order valence-electron chi connectivity index (χ0n) is 12.6. The summed E-state index contributed by atoms with van der Waals surface area (Å²) < 4.78 is 5.20. The molecule has 1 aliphatic carbocycles. The predicted molar refractivity (Wildman–Crippen MR) is 76.0 cm³/mol. The monoisotopic (exact) mass is 268 g/mol. The van der Waals surface area contributed by atoms with Gasteiger partial charge in [0.25, 0.3) is 0 Å². The topological polar surface area (TPSA) is 41.6 Å². The van der Waals surface area contributed by atoms with Crippen molar-refractivity contribution in [2.45, 2.75) is 45.1 Å². The van der Waals surface area contributed by atoms with Crippen LogP contribution < -0.4 is 5.32 Å². The molecule has 1 saturated carbocycles. The number of nitrogens with one attached hydrogen (secondary N) is 1. The van der Waals surface area contributed by atoms with Crippen molar-refractivity contribution in [3.63, 3.8) is 0 Å². The van der Waals surface area contributed by atoms with E-state index in [0.29, 0.717) is 11.8 Å². The Morgan fingerprint density at radius 1 is 1.26 bits per heavy atom. The van der Waals surface area contributed by atoms with Crippen LogP contribution in [0.3, 0.4) is 0 Å². The second-order valence-corrected chi connectivity index (χ2v) is 6.16. The molecule has 1 heterocycles. The van der Waals surface area contributed by atoms with Crippen LogP contribution in [0.4, 0.5) is 0 Å². The summed E-state index contributed by atoms with van der Waals surface area (Å²) in [6, 6.07) is 0. The summed E-state index contributed by atoms with van der Waals surface area (Å²) in [5, 5.41) is 3.42. The summed E-state index contributed by atoms with van der Waals surface area (Å²) in [5.41, 5.74) is -0.390. The van der Waals surface area contributed by atoms with Crippen LogP contribution in [0.2, 0.25) is 0 Å². The molecule has 0 aromatic rings. The summed E-state index contributed by atoms with van der Waals surface area (Å²) in [5.74, 6) is 0.935. The van der Waals surface area contributed by atoms with E-state index >= 15 is 0 Å². The van der Waals surface area contributed by atoms with Gasteiger partial charge in [0.1, 0.15) is 5.54 Å². The van der Waals surface area contributed by atoms with Crippen LogP contribution >= 0.6 is 0 Å². The molecule has 4 heteroatoms. The van der Waals surface area contributed by atoms with Gasteiger partial charge in [-0.15, -0.1) is 0 Å². The van der Waals surface area contributed by atoms with E-state index in [9.17, 15) is 4.79 Å². The van der Waals surface area contributed by atoms with Gasteiger partial charge in [-0.05, 0) is 31.2 Å².